The van der Waals surface area contributed by atoms with E-state index in [2.05, 4.69) is 32.9 Å². The summed E-state index contributed by atoms with van der Waals surface area (Å²) in [6, 6.07) is 0. The molecule has 4 saturated heterocycles. The Bertz CT molecular complexity index is 1990. The van der Waals surface area contributed by atoms with E-state index in [-0.39, 0.29) is 49.1 Å². The van der Waals surface area contributed by atoms with Gasteiger partial charge >= 0.3 is 11.9 Å². The molecule has 0 aromatic rings. The van der Waals surface area contributed by atoms with Gasteiger partial charge in [-0.15, -0.1) is 0 Å². The number of fused-ring (bicyclic) bond motifs is 2. The van der Waals surface area contributed by atoms with Crippen molar-refractivity contribution in [1.82, 2.24) is 0 Å². The molecule has 1 spiro atoms. The number of aliphatic hydroxyl groups excluding tert-OH is 2. The van der Waals surface area contributed by atoms with Gasteiger partial charge in [-0.25, -0.2) is 4.79 Å². The maximum Gasteiger partial charge on any atom is 0.331 e. The molecular formula is C53H78O16. The predicted octanol–water partition coefficient (Wildman–Crippen LogP) is 5.87. The molecule has 0 aromatic carbocycles. The van der Waals surface area contributed by atoms with E-state index in [0.717, 1.165) is 17.6 Å². The number of methoxy groups -OCH3 is 2. The quantitative estimate of drug-likeness (QED) is 0.126. The van der Waals surface area contributed by atoms with E-state index >= 15 is 0 Å². The van der Waals surface area contributed by atoms with Crippen LogP contribution in [0.15, 0.2) is 70.9 Å². The summed E-state index contributed by atoms with van der Waals surface area (Å²) in [6.07, 6.45) is 8.21. The summed E-state index contributed by atoms with van der Waals surface area (Å²) in [4.78, 5) is 27.3. The van der Waals surface area contributed by atoms with Crippen LogP contribution in [0.2, 0.25) is 0 Å². The molecule has 6 aliphatic heterocycles. The van der Waals surface area contributed by atoms with Crippen molar-refractivity contribution in [2.45, 2.75) is 198 Å². The maximum atomic E-state index is 14.7. The number of hydrogen-bond acceptors (Lipinski definition) is 16. The van der Waals surface area contributed by atoms with E-state index in [9.17, 15) is 24.9 Å². The molecule has 3 N–H and O–H groups in total. The average molecular weight is 971 g/mol. The maximum absolute atomic E-state index is 14.7. The standard InChI is InChI=1S/C53H78O16/c1-12-29(4)48-32(7)18-19-52(69-48)25-38-22-37(68-52)17-16-31(6)47(66-44-24-41(60-11)49(34(9)64-44)67-43-23-40(59-10)45(55)33(8)63-43)30(5)14-13-15-36-27-62-50-46(56)35(26-61-42(54)20-28(2)3)21-39(51(57)65-38)53(36,50)58/h13-16,18-21,29-30,32-34,37-41,43-50,55-56,58H,12,17,22-27H2,1-11H3. The lowest BCUT2D eigenvalue weighted by atomic mass is 9.70. The molecule has 0 saturated carbocycles. The van der Waals surface area contributed by atoms with E-state index in [1.807, 2.05) is 32.9 Å². The number of esters is 2. The topological polar surface area (TPSA) is 196 Å². The van der Waals surface area contributed by atoms with Crippen LogP contribution >= 0.6 is 0 Å². The zero-order chi connectivity index (χ0) is 49.9. The lowest BCUT2D eigenvalue weighted by Gasteiger charge is -2.48. The van der Waals surface area contributed by atoms with Gasteiger partial charge in [-0.05, 0) is 69.8 Å². The normalized spacial score (nSPS) is 43.2. The number of aliphatic hydroxyl groups is 3. The third-order valence-electron chi connectivity index (χ3n) is 15.2. The van der Waals surface area contributed by atoms with Crippen molar-refractivity contribution in [3.8, 4) is 0 Å². The molecule has 6 heterocycles. The van der Waals surface area contributed by atoms with Crippen LogP contribution in [0.1, 0.15) is 101 Å². The van der Waals surface area contributed by atoms with Gasteiger partial charge in [0.2, 0.25) is 0 Å². The third-order valence-corrected chi connectivity index (χ3v) is 15.2. The second-order valence-electron chi connectivity index (χ2n) is 20.6. The summed E-state index contributed by atoms with van der Waals surface area (Å²) in [5.41, 5.74) is 0.247. The van der Waals surface area contributed by atoms with Crippen molar-refractivity contribution < 1.29 is 77.0 Å². The number of hydrogen-bond donors (Lipinski definition) is 3. The average Bonchev–Trinajstić information content (AvgIpc) is 3.65. The summed E-state index contributed by atoms with van der Waals surface area (Å²) in [7, 11) is 3.20. The molecular weight excluding hydrogens is 893 g/mol. The number of carbonyl (C=O) groups is 2. The first-order valence-electron chi connectivity index (χ1n) is 25.0. The zero-order valence-electron chi connectivity index (χ0n) is 42.3. The van der Waals surface area contributed by atoms with Crippen LogP contribution in [0.25, 0.3) is 0 Å². The molecule has 69 heavy (non-hydrogen) atoms. The second kappa shape index (κ2) is 22.8. The molecule has 16 nitrogen and oxygen atoms in total. The highest BCUT2D eigenvalue weighted by Gasteiger charge is 2.61. The van der Waals surface area contributed by atoms with Gasteiger partial charge in [-0.3, -0.25) is 4.79 Å². The molecule has 16 heteroatoms. The Balaban J connectivity index is 1.21. The highest BCUT2D eigenvalue weighted by Crippen LogP contribution is 2.47. The Kier molecular flexibility index (Phi) is 17.7. The molecule has 4 fully saturated rings. The summed E-state index contributed by atoms with van der Waals surface area (Å²) in [5.74, 6) is -3.73. The minimum absolute atomic E-state index is 0.0818. The Morgan fingerprint density at radius 3 is 2.36 bits per heavy atom. The number of carbonyl (C=O) groups excluding carboxylic acids is 2. The first-order chi connectivity index (χ1) is 32.8. The van der Waals surface area contributed by atoms with Crippen LogP contribution in [-0.4, -0.2) is 152 Å². The molecule has 1 aliphatic carbocycles. The highest BCUT2D eigenvalue weighted by atomic mass is 16.7. The van der Waals surface area contributed by atoms with E-state index in [1.165, 1.54) is 12.2 Å². The van der Waals surface area contributed by atoms with E-state index in [1.54, 1.807) is 47.1 Å². The van der Waals surface area contributed by atoms with Crippen molar-refractivity contribution >= 4 is 11.9 Å². The van der Waals surface area contributed by atoms with Crippen LogP contribution in [0.5, 0.6) is 0 Å². The van der Waals surface area contributed by atoms with Crippen molar-refractivity contribution in [3.05, 3.63) is 70.9 Å². The Morgan fingerprint density at radius 1 is 0.942 bits per heavy atom. The van der Waals surface area contributed by atoms with Gasteiger partial charge < -0.3 is 67.4 Å². The van der Waals surface area contributed by atoms with Gasteiger partial charge in [0.25, 0.3) is 0 Å². The lowest BCUT2D eigenvalue weighted by Crippen LogP contribution is -2.58. The first-order valence-corrected chi connectivity index (χ1v) is 25.0. The SMILES string of the molecule is CCC(C)C1OC2(C=CC1C)CC1CC(CC=C(C)C(OC3CC(OC)C(OC4CC(OC)C(O)C(C)O4)C(C)O3)C(C)C=CC=C3COC4C(O)C(COC(=O)C=C(C)C)=CC(C(=O)O1)C34O)O2. The van der Waals surface area contributed by atoms with Gasteiger partial charge in [-0.1, -0.05) is 76.1 Å². The largest absolute Gasteiger partial charge is 0.462 e. The van der Waals surface area contributed by atoms with Crippen LogP contribution in [0.4, 0.5) is 0 Å². The Hall–Kier alpha value is -3.10. The molecule has 0 radical (unpaired) electrons. The van der Waals surface area contributed by atoms with Crippen molar-refractivity contribution in [3.63, 3.8) is 0 Å². The van der Waals surface area contributed by atoms with Crippen LogP contribution in [0.3, 0.4) is 0 Å². The van der Waals surface area contributed by atoms with Crippen molar-refractivity contribution in [2.75, 3.05) is 27.4 Å². The molecule has 386 valence electrons. The fourth-order valence-corrected chi connectivity index (χ4v) is 11.0. The molecule has 0 amide bonds. The molecule has 2 bridgehead atoms. The zero-order valence-corrected chi connectivity index (χ0v) is 42.3. The van der Waals surface area contributed by atoms with Gasteiger partial charge in [-0.2, -0.15) is 0 Å². The minimum atomic E-state index is -2.01. The van der Waals surface area contributed by atoms with E-state index in [0.29, 0.717) is 31.3 Å². The van der Waals surface area contributed by atoms with E-state index < -0.39 is 109 Å². The molecule has 0 aromatic heterocycles. The van der Waals surface area contributed by atoms with Crippen LogP contribution < -0.4 is 0 Å². The molecule has 20 atom stereocenters. The highest BCUT2D eigenvalue weighted by molar-refractivity contribution is 5.83. The fraction of sp³-hybridized carbons (Fsp3) is 0.736. The second-order valence-corrected chi connectivity index (χ2v) is 20.6. The number of ether oxygens (including phenoxy) is 11. The summed E-state index contributed by atoms with van der Waals surface area (Å²) < 4.78 is 69.4. The minimum Gasteiger partial charge on any atom is -0.462 e. The van der Waals surface area contributed by atoms with E-state index in [4.69, 9.17) is 52.1 Å². The fourth-order valence-electron chi connectivity index (χ4n) is 11.0. The molecule has 20 unspecified atom stereocenters. The van der Waals surface area contributed by atoms with Crippen molar-refractivity contribution in [2.24, 2.45) is 23.7 Å². The third kappa shape index (κ3) is 11.9. The van der Waals surface area contributed by atoms with Crippen LogP contribution in [-0.2, 0) is 61.7 Å². The molecule has 7 rings (SSSR count). The lowest BCUT2D eigenvalue weighted by molar-refractivity contribution is -0.318. The van der Waals surface area contributed by atoms with Gasteiger partial charge in [0, 0.05) is 57.8 Å². The number of allylic oxidation sites excluding steroid dienone is 3. The number of rotatable bonds is 11. The Labute approximate surface area is 407 Å². The summed E-state index contributed by atoms with van der Waals surface area (Å²) in [6.45, 7) is 17.3. The van der Waals surface area contributed by atoms with Crippen LogP contribution in [0, 0.1) is 23.7 Å². The summed E-state index contributed by atoms with van der Waals surface area (Å²) >= 11 is 0. The van der Waals surface area contributed by atoms with Gasteiger partial charge in [0.15, 0.2) is 18.4 Å². The Morgan fingerprint density at radius 2 is 1.65 bits per heavy atom. The summed E-state index contributed by atoms with van der Waals surface area (Å²) in [5, 5.41) is 35.0. The van der Waals surface area contributed by atoms with Crippen molar-refractivity contribution in [1.29, 1.82) is 0 Å². The molecule has 7 aliphatic rings. The monoisotopic (exact) mass is 971 g/mol. The smallest absolute Gasteiger partial charge is 0.331 e. The first kappa shape index (κ1) is 53.7. The van der Waals surface area contributed by atoms with Gasteiger partial charge in [0.1, 0.15) is 48.6 Å². The van der Waals surface area contributed by atoms with Gasteiger partial charge in [0.05, 0.1) is 49.3 Å². The predicted molar refractivity (Wildman–Crippen MR) is 252 cm³/mol.